The zero-order valence-electron chi connectivity index (χ0n) is 15.0. The molecule has 1 aliphatic rings. The molecular weight excluding hydrogens is 430 g/mol. The van der Waals surface area contributed by atoms with Gasteiger partial charge in [-0.2, -0.15) is 18.3 Å². The molecule has 30 heavy (non-hydrogen) atoms. The lowest BCUT2D eigenvalue weighted by Gasteiger charge is -2.30. The van der Waals surface area contributed by atoms with Crippen LogP contribution in [0.25, 0.3) is 0 Å². The van der Waals surface area contributed by atoms with Gasteiger partial charge in [0.05, 0.1) is 30.2 Å². The van der Waals surface area contributed by atoms with Crippen molar-refractivity contribution in [2.24, 2.45) is 0 Å². The second-order valence-electron chi connectivity index (χ2n) is 6.55. The Balaban J connectivity index is 1.69. The molecule has 0 unspecified atom stereocenters. The van der Waals surface area contributed by atoms with Crippen molar-refractivity contribution in [2.45, 2.75) is 19.3 Å². The summed E-state index contributed by atoms with van der Waals surface area (Å²) >= 11 is 6.02. The van der Waals surface area contributed by atoms with Crippen LogP contribution in [0.1, 0.15) is 27.4 Å². The van der Waals surface area contributed by atoms with E-state index in [4.69, 9.17) is 11.6 Å². The Bertz CT molecular complexity index is 1200. The van der Waals surface area contributed by atoms with Crippen LogP contribution in [0.15, 0.2) is 35.4 Å². The summed E-state index contributed by atoms with van der Waals surface area (Å²) in [4.78, 5) is 30.3. The van der Waals surface area contributed by atoms with E-state index in [2.05, 4.69) is 15.2 Å². The van der Waals surface area contributed by atoms with Crippen molar-refractivity contribution in [3.8, 4) is 0 Å². The SMILES string of the molecule is O=C(c1cc(F)ccc1C(F)(F)F)c1cnc2n1CCN(c1cn[nH]c(=O)c1Cl)C2. The summed E-state index contributed by atoms with van der Waals surface area (Å²) in [5, 5.41) is 5.85. The molecule has 7 nitrogen and oxygen atoms in total. The van der Waals surface area contributed by atoms with E-state index < -0.39 is 34.5 Å². The fourth-order valence-electron chi connectivity index (χ4n) is 3.33. The minimum absolute atomic E-state index is 0.0594. The third-order valence-electron chi connectivity index (χ3n) is 4.75. The molecule has 0 spiro atoms. The van der Waals surface area contributed by atoms with E-state index >= 15 is 0 Å². The van der Waals surface area contributed by atoms with Crippen molar-refractivity contribution in [3.63, 3.8) is 0 Å². The lowest BCUT2D eigenvalue weighted by Crippen LogP contribution is -2.36. The summed E-state index contributed by atoms with van der Waals surface area (Å²) in [6.45, 7) is 0.632. The van der Waals surface area contributed by atoms with Gasteiger partial charge in [-0.15, -0.1) is 0 Å². The van der Waals surface area contributed by atoms with Gasteiger partial charge in [-0.3, -0.25) is 9.59 Å². The number of imidazole rings is 1. The normalized spacial score (nSPS) is 14.0. The minimum Gasteiger partial charge on any atom is -0.360 e. The van der Waals surface area contributed by atoms with Crippen molar-refractivity contribution in [1.82, 2.24) is 19.7 Å². The molecule has 1 N–H and O–H groups in total. The Kier molecular flexibility index (Phi) is 4.85. The number of H-pyrrole nitrogens is 1. The molecule has 0 bridgehead atoms. The molecule has 0 amide bonds. The number of halogens is 5. The van der Waals surface area contributed by atoms with Crippen LogP contribution in [0.4, 0.5) is 23.2 Å². The van der Waals surface area contributed by atoms with Crippen molar-refractivity contribution in [1.29, 1.82) is 0 Å². The third-order valence-corrected chi connectivity index (χ3v) is 5.11. The van der Waals surface area contributed by atoms with Crippen LogP contribution in [0, 0.1) is 5.82 Å². The van der Waals surface area contributed by atoms with Crippen LogP contribution in [-0.2, 0) is 19.3 Å². The summed E-state index contributed by atoms with van der Waals surface area (Å²) in [6, 6.07) is 1.77. The second kappa shape index (κ2) is 7.24. The van der Waals surface area contributed by atoms with Crippen LogP contribution in [0.3, 0.4) is 0 Å². The number of aromatic nitrogens is 4. The quantitative estimate of drug-likeness (QED) is 0.499. The number of nitrogens with zero attached hydrogens (tertiary/aromatic N) is 4. The standard InChI is InChI=1S/C18H12ClF4N5O2/c19-15-12(7-25-26-17(15)30)27-3-4-28-13(6-24-14(28)8-27)16(29)10-5-9(20)1-2-11(10)18(21,22)23/h1-2,5-7H,3-4,8H2,(H,26,30). The summed E-state index contributed by atoms with van der Waals surface area (Å²) in [5.41, 5.74) is -2.29. The van der Waals surface area contributed by atoms with E-state index in [0.717, 1.165) is 6.20 Å². The zero-order valence-corrected chi connectivity index (χ0v) is 15.8. The van der Waals surface area contributed by atoms with Crippen molar-refractivity contribution < 1.29 is 22.4 Å². The van der Waals surface area contributed by atoms with Gasteiger partial charge in [0.25, 0.3) is 5.56 Å². The van der Waals surface area contributed by atoms with E-state index in [-0.39, 0.29) is 23.8 Å². The number of carbonyl (C=O) groups is 1. The molecule has 1 aliphatic heterocycles. The predicted molar refractivity (Wildman–Crippen MR) is 98.0 cm³/mol. The predicted octanol–water partition coefficient (Wildman–Crippen LogP) is 3.03. The number of alkyl halides is 3. The lowest BCUT2D eigenvalue weighted by molar-refractivity contribution is -0.137. The van der Waals surface area contributed by atoms with E-state index in [0.29, 0.717) is 36.3 Å². The molecule has 156 valence electrons. The van der Waals surface area contributed by atoms with Crippen LogP contribution in [0.5, 0.6) is 0 Å². The number of ketones is 1. The minimum atomic E-state index is -4.82. The number of aromatic amines is 1. The molecule has 2 aromatic heterocycles. The van der Waals surface area contributed by atoms with E-state index in [1.807, 2.05) is 0 Å². The summed E-state index contributed by atoms with van der Waals surface area (Å²) in [7, 11) is 0. The number of benzene rings is 1. The number of carbonyl (C=O) groups excluding carboxylic acids is 1. The van der Waals surface area contributed by atoms with E-state index in [9.17, 15) is 27.2 Å². The van der Waals surface area contributed by atoms with Crippen LogP contribution in [0.2, 0.25) is 5.02 Å². The maximum atomic E-state index is 13.6. The molecule has 12 heteroatoms. The first-order valence-corrected chi connectivity index (χ1v) is 8.98. The molecular formula is C18H12ClF4N5O2. The average molecular weight is 442 g/mol. The molecule has 0 saturated heterocycles. The molecule has 3 heterocycles. The number of fused-ring (bicyclic) bond motifs is 1. The number of anilines is 1. The molecule has 4 rings (SSSR count). The van der Waals surface area contributed by atoms with Gasteiger partial charge in [0.1, 0.15) is 22.4 Å². The highest BCUT2D eigenvalue weighted by Crippen LogP contribution is 2.34. The van der Waals surface area contributed by atoms with Crippen molar-refractivity contribution in [3.05, 3.63) is 74.4 Å². The monoisotopic (exact) mass is 441 g/mol. The van der Waals surface area contributed by atoms with Crippen molar-refractivity contribution >= 4 is 23.1 Å². The Hall–Kier alpha value is -3.21. The fraction of sp³-hybridized carbons (Fsp3) is 0.222. The third kappa shape index (κ3) is 3.45. The first-order chi connectivity index (χ1) is 14.2. The summed E-state index contributed by atoms with van der Waals surface area (Å²) < 4.78 is 54.9. The number of nitrogens with one attached hydrogen (secondary N) is 1. The maximum Gasteiger partial charge on any atom is 0.417 e. The van der Waals surface area contributed by atoms with Gasteiger partial charge in [-0.25, -0.2) is 14.5 Å². The largest absolute Gasteiger partial charge is 0.417 e. The average Bonchev–Trinajstić information content (AvgIpc) is 3.11. The highest BCUT2D eigenvalue weighted by Gasteiger charge is 2.36. The number of hydrogen-bond donors (Lipinski definition) is 1. The zero-order chi connectivity index (χ0) is 21.6. The Morgan fingerprint density at radius 1 is 1.20 bits per heavy atom. The van der Waals surface area contributed by atoms with Crippen LogP contribution >= 0.6 is 11.6 Å². The second-order valence-corrected chi connectivity index (χ2v) is 6.93. The first-order valence-electron chi connectivity index (χ1n) is 8.61. The highest BCUT2D eigenvalue weighted by molar-refractivity contribution is 6.33. The van der Waals surface area contributed by atoms with Gasteiger partial charge in [-0.1, -0.05) is 11.6 Å². The van der Waals surface area contributed by atoms with Gasteiger partial charge in [0.15, 0.2) is 0 Å². The lowest BCUT2D eigenvalue weighted by atomic mass is 10.0. The molecule has 0 aliphatic carbocycles. The van der Waals surface area contributed by atoms with Gasteiger partial charge < -0.3 is 9.47 Å². The molecule has 0 saturated carbocycles. The van der Waals surface area contributed by atoms with Crippen LogP contribution in [-0.4, -0.2) is 32.1 Å². The van der Waals surface area contributed by atoms with Crippen LogP contribution < -0.4 is 10.5 Å². The van der Waals surface area contributed by atoms with E-state index in [1.165, 1.54) is 10.8 Å². The topological polar surface area (TPSA) is 83.9 Å². The van der Waals surface area contributed by atoms with Gasteiger partial charge in [0.2, 0.25) is 5.78 Å². The molecule has 0 atom stereocenters. The van der Waals surface area contributed by atoms with Gasteiger partial charge in [-0.05, 0) is 18.2 Å². The number of hydrogen-bond acceptors (Lipinski definition) is 5. The summed E-state index contributed by atoms with van der Waals surface area (Å²) in [6.07, 6.45) is -2.29. The Morgan fingerprint density at radius 2 is 1.97 bits per heavy atom. The Morgan fingerprint density at radius 3 is 2.70 bits per heavy atom. The molecule has 0 fully saturated rings. The van der Waals surface area contributed by atoms with Gasteiger partial charge >= 0.3 is 6.18 Å². The smallest absolute Gasteiger partial charge is 0.360 e. The van der Waals surface area contributed by atoms with Gasteiger partial charge in [0, 0.05) is 18.7 Å². The first kappa shape index (κ1) is 20.1. The molecule has 3 aromatic rings. The molecule has 0 radical (unpaired) electrons. The van der Waals surface area contributed by atoms with E-state index in [1.54, 1.807) is 4.90 Å². The van der Waals surface area contributed by atoms with Crippen molar-refractivity contribution in [2.75, 3.05) is 11.4 Å². The fourth-order valence-corrected chi connectivity index (χ4v) is 3.54. The molecule has 1 aromatic carbocycles. The highest BCUT2D eigenvalue weighted by atomic mass is 35.5. The summed E-state index contributed by atoms with van der Waals surface area (Å²) in [5.74, 6) is -1.55. The maximum absolute atomic E-state index is 13.6. The Labute approximate surface area is 170 Å². The number of rotatable bonds is 3.